The van der Waals surface area contributed by atoms with E-state index in [2.05, 4.69) is 43.3 Å². The van der Waals surface area contributed by atoms with E-state index in [0.29, 0.717) is 18.1 Å². The van der Waals surface area contributed by atoms with Crippen molar-refractivity contribution in [2.45, 2.75) is 62.6 Å². The Bertz CT molecular complexity index is 999. The largest absolute Gasteiger partial charge is 0.508 e. The zero-order valence-electron chi connectivity index (χ0n) is 17.3. The summed E-state index contributed by atoms with van der Waals surface area (Å²) >= 11 is 0. The molecule has 3 aliphatic rings. The van der Waals surface area contributed by atoms with Crippen LogP contribution in [-0.4, -0.2) is 27.0 Å². The van der Waals surface area contributed by atoms with E-state index in [9.17, 15) is 20.6 Å². The Balaban J connectivity index is 1.65. The lowest BCUT2D eigenvalue weighted by molar-refractivity contribution is -0.139. The normalized spacial score (nSPS) is 39.5. The summed E-state index contributed by atoms with van der Waals surface area (Å²) in [6, 6.07) is 18.4. The number of phenols is 1. The van der Waals surface area contributed by atoms with Crippen molar-refractivity contribution in [2.24, 2.45) is 17.3 Å². The summed E-state index contributed by atoms with van der Waals surface area (Å²) in [4.78, 5) is 0. The first kappa shape index (κ1) is 19.6. The predicted octanol–water partition coefficient (Wildman–Crippen LogP) is 4.26. The van der Waals surface area contributed by atoms with Gasteiger partial charge in [-0.25, -0.2) is 0 Å². The number of fused-ring (bicyclic) bond motifs is 5. The fraction of sp³-hybridized carbons (Fsp3) is 0.500. The monoisotopic (exact) mass is 403 g/mol. The van der Waals surface area contributed by atoms with Crippen LogP contribution >= 0.6 is 0 Å². The Hall–Kier alpha value is -2.35. The average Bonchev–Trinajstić information content (AvgIpc) is 2.94. The number of benzene rings is 2. The quantitative estimate of drug-likeness (QED) is 0.700. The van der Waals surface area contributed by atoms with Gasteiger partial charge < -0.3 is 15.3 Å². The molecule has 0 unspecified atom stereocenters. The van der Waals surface area contributed by atoms with Crippen LogP contribution in [0.4, 0.5) is 0 Å². The van der Waals surface area contributed by atoms with Gasteiger partial charge in [0.15, 0.2) is 0 Å². The topological polar surface area (TPSA) is 84.5 Å². The third-order valence-electron chi connectivity index (χ3n) is 8.75. The third-order valence-corrected chi connectivity index (χ3v) is 8.75. The van der Waals surface area contributed by atoms with E-state index >= 15 is 0 Å². The van der Waals surface area contributed by atoms with Crippen molar-refractivity contribution in [1.82, 2.24) is 0 Å². The number of aromatic hydroxyl groups is 1. The molecule has 3 aliphatic carbocycles. The Labute approximate surface area is 177 Å². The maximum atomic E-state index is 11.5. The number of aliphatic hydroxyl groups excluding tert-OH is 1. The second kappa shape index (κ2) is 6.83. The van der Waals surface area contributed by atoms with Gasteiger partial charge in [0.05, 0.1) is 18.6 Å². The molecule has 5 rings (SSSR count). The first-order chi connectivity index (χ1) is 14.4. The Morgan fingerprint density at radius 3 is 2.63 bits per heavy atom. The van der Waals surface area contributed by atoms with Gasteiger partial charge in [0.25, 0.3) is 0 Å². The number of hydrogen-bond acceptors (Lipinski definition) is 4. The first-order valence-corrected chi connectivity index (χ1v) is 11.0. The molecule has 7 atom stereocenters. The summed E-state index contributed by atoms with van der Waals surface area (Å²) in [6.45, 7) is 2.09. The lowest BCUT2D eigenvalue weighted by Gasteiger charge is -2.55. The maximum absolute atomic E-state index is 11.5. The van der Waals surface area contributed by atoms with E-state index in [1.165, 1.54) is 16.7 Å². The summed E-state index contributed by atoms with van der Waals surface area (Å²) < 4.78 is 0. The third kappa shape index (κ3) is 2.58. The highest BCUT2D eigenvalue weighted by Gasteiger charge is 2.66. The molecule has 0 amide bonds. The van der Waals surface area contributed by atoms with Gasteiger partial charge in [-0.2, -0.15) is 5.26 Å². The standard InChI is InChI=1S/C26H29NO3/c1-25-10-9-20-19-8-7-18(28)13-17(19)14-21(16-5-3-2-4-6-16)24(20)22(25)15-23(29)26(25,30)11-12-27/h2-8,13,20-24,28-30H,9-11,14-15H2,1H3/t20-,21+,22+,23-,24+,25+,26+/m1/s1. The lowest BCUT2D eigenvalue weighted by Crippen LogP contribution is -2.54. The van der Waals surface area contributed by atoms with Gasteiger partial charge in [-0.15, -0.1) is 0 Å². The number of rotatable bonds is 2. The van der Waals surface area contributed by atoms with Crippen LogP contribution in [0.15, 0.2) is 48.5 Å². The smallest absolute Gasteiger partial charge is 0.115 e. The molecule has 2 aromatic rings. The van der Waals surface area contributed by atoms with Crippen molar-refractivity contribution < 1.29 is 15.3 Å². The van der Waals surface area contributed by atoms with Crippen LogP contribution in [0.25, 0.3) is 0 Å². The molecule has 0 heterocycles. The van der Waals surface area contributed by atoms with E-state index in [1.54, 1.807) is 6.07 Å². The Morgan fingerprint density at radius 2 is 1.90 bits per heavy atom. The van der Waals surface area contributed by atoms with E-state index in [4.69, 9.17) is 0 Å². The van der Waals surface area contributed by atoms with Crippen molar-refractivity contribution in [3.63, 3.8) is 0 Å². The van der Waals surface area contributed by atoms with Crippen LogP contribution in [-0.2, 0) is 6.42 Å². The van der Waals surface area contributed by atoms with E-state index in [1.807, 2.05) is 12.1 Å². The SMILES string of the molecule is C[C@]12CC[C@@H]3c4ccc(O)cc4C[C@@H](c4ccccc4)[C@H]3[C@@H]1C[C@@H](O)[C@@]2(O)CC#N. The molecule has 30 heavy (non-hydrogen) atoms. The minimum Gasteiger partial charge on any atom is -0.508 e. The van der Waals surface area contributed by atoms with Gasteiger partial charge in [-0.1, -0.05) is 43.3 Å². The molecule has 0 aliphatic heterocycles. The zero-order valence-corrected chi connectivity index (χ0v) is 17.3. The van der Waals surface area contributed by atoms with Gasteiger partial charge >= 0.3 is 0 Å². The highest BCUT2D eigenvalue weighted by molar-refractivity contribution is 5.43. The molecule has 0 spiro atoms. The minimum atomic E-state index is -1.35. The highest BCUT2D eigenvalue weighted by Crippen LogP contribution is 2.67. The zero-order chi connectivity index (χ0) is 21.1. The second-order valence-corrected chi connectivity index (χ2v) is 9.86. The molecule has 2 fully saturated rings. The molecule has 156 valence electrons. The maximum Gasteiger partial charge on any atom is 0.115 e. The first-order valence-electron chi connectivity index (χ1n) is 11.0. The summed E-state index contributed by atoms with van der Waals surface area (Å²) in [6.07, 6.45) is 2.18. The molecular formula is C26H29NO3. The number of nitrogens with zero attached hydrogens (tertiary/aromatic N) is 1. The summed E-state index contributed by atoms with van der Waals surface area (Å²) in [5.74, 6) is 1.31. The molecule has 4 heteroatoms. The van der Waals surface area contributed by atoms with Crippen LogP contribution < -0.4 is 0 Å². The van der Waals surface area contributed by atoms with Crippen LogP contribution in [0.5, 0.6) is 5.75 Å². The van der Waals surface area contributed by atoms with Gasteiger partial charge in [0.2, 0.25) is 0 Å². The van der Waals surface area contributed by atoms with Gasteiger partial charge in [-0.05, 0) is 78.2 Å². The molecule has 0 radical (unpaired) electrons. The van der Waals surface area contributed by atoms with Crippen molar-refractivity contribution >= 4 is 0 Å². The molecule has 2 aromatic carbocycles. The summed E-state index contributed by atoms with van der Waals surface area (Å²) in [7, 11) is 0. The molecule has 0 bridgehead atoms. The Morgan fingerprint density at radius 1 is 1.13 bits per heavy atom. The minimum absolute atomic E-state index is 0.0288. The fourth-order valence-corrected chi connectivity index (χ4v) is 7.22. The summed E-state index contributed by atoms with van der Waals surface area (Å²) in [5.41, 5.74) is 1.95. The number of aliphatic hydroxyl groups is 2. The number of nitriles is 1. The van der Waals surface area contributed by atoms with E-state index in [0.717, 1.165) is 19.3 Å². The van der Waals surface area contributed by atoms with Crippen molar-refractivity contribution in [1.29, 1.82) is 5.26 Å². The van der Waals surface area contributed by atoms with Gasteiger partial charge in [0.1, 0.15) is 11.4 Å². The molecule has 4 nitrogen and oxygen atoms in total. The lowest BCUT2D eigenvalue weighted by atomic mass is 9.50. The van der Waals surface area contributed by atoms with Crippen LogP contribution in [0.1, 0.15) is 61.1 Å². The van der Waals surface area contributed by atoms with Gasteiger partial charge in [0, 0.05) is 5.41 Å². The number of hydrogen-bond donors (Lipinski definition) is 3. The van der Waals surface area contributed by atoms with Crippen molar-refractivity contribution in [2.75, 3.05) is 0 Å². The average molecular weight is 404 g/mol. The van der Waals surface area contributed by atoms with Crippen LogP contribution in [0, 0.1) is 28.6 Å². The van der Waals surface area contributed by atoms with Crippen LogP contribution in [0.2, 0.25) is 0 Å². The molecule has 2 saturated carbocycles. The molecular weight excluding hydrogens is 374 g/mol. The van der Waals surface area contributed by atoms with Crippen molar-refractivity contribution in [3.8, 4) is 11.8 Å². The molecule has 0 saturated heterocycles. The molecule has 0 aromatic heterocycles. The highest BCUT2D eigenvalue weighted by atomic mass is 16.3. The van der Waals surface area contributed by atoms with Gasteiger partial charge in [-0.3, -0.25) is 0 Å². The number of phenolic OH excluding ortho intramolecular Hbond substituents is 1. The predicted molar refractivity (Wildman–Crippen MR) is 114 cm³/mol. The summed E-state index contributed by atoms with van der Waals surface area (Å²) in [5, 5.41) is 41.9. The second-order valence-electron chi connectivity index (χ2n) is 9.86. The van der Waals surface area contributed by atoms with Crippen molar-refractivity contribution in [3.05, 3.63) is 65.2 Å². The Kier molecular flexibility index (Phi) is 4.47. The van der Waals surface area contributed by atoms with Crippen LogP contribution in [0.3, 0.4) is 0 Å². The fourth-order valence-electron chi connectivity index (χ4n) is 7.22. The molecule has 3 N–H and O–H groups in total. The van der Waals surface area contributed by atoms with E-state index in [-0.39, 0.29) is 24.2 Å². The van der Waals surface area contributed by atoms with E-state index < -0.39 is 17.1 Å².